The van der Waals surface area contributed by atoms with E-state index in [1.54, 1.807) is 0 Å². The summed E-state index contributed by atoms with van der Waals surface area (Å²) in [6.45, 7) is 5.83. The van der Waals surface area contributed by atoms with Gasteiger partial charge in [-0.2, -0.15) is 0 Å². The van der Waals surface area contributed by atoms with Gasteiger partial charge in [0, 0.05) is 32.7 Å². The Kier molecular flexibility index (Phi) is 3.52. The standard InChI is InChI=1S/C13H19N3O3/c17-13(18)11-7-14-19-12(11)9-16-5-3-15(4-6-16)8-10-1-2-10/h7,10H,1-6,8-9H2,(H,17,18). The van der Waals surface area contributed by atoms with Gasteiger partial charge in [0.25, 0.3) is 0 Å². The number of piperazine rings is 1. The predicted octanol–water partition coefficient (Wildman–Crippen LogP) is 0.900. The number of hydrogen-bond donors (Lipinski definition) is 1. The van der Waals surface area contributed by atoms with Crippen molar-refractivity contribution in [2.75, 3.05) is 32.7 Å². The molecule has 6 heteroatoms. The highest BCUT2D eigenvalue weighted by Crippen LogP contribution is 2.30. The van der Waals surface area contributed by atoms with Crippen molar-refractivity contribution in [2.45, 2.75) is 19.4 Å². The van der Waals surface area contributed by atoms with Gasteiger partial charge in [0.05, 0.1) is 12.7 Å². The third kappa shape index (κ3) is 3.13. The Morgan fingerprint density at radius 1 is 1.32 bits per heavy atom. The van der Waals surface area contributed by atoms with Gasteiger partial charge in [0.2, 0.25) is 0 Å². The zero-order valence-electron chi connectivity index (χ0n) is 10.9. The van der Waals surface area contributed by atoms with Gasteiger partial charge < -0.3 is 14.5 Å². The molecule has 1 aromatic heterocycles. The molecule has 0 unspecified atom stereocenters. The number of carboxylic acid groups (broad SMARTS) is 1. The van der Waals surface area contributed by atoms with E-state index in [4.69, 9.17) is 9.63 Å². The highest BCUT2D eigenvalue weighted by molar-refractivity contribution is 5.88. The third-order valence-electron chi connectivity index (χ3n) is 3.92. The van der Waals surface area contributed by atoms with E-state index in [9.17, 15) is 4.79 Å². The van der Waals surface area contributed by atoms with E-state index in [1.807, 2.05) is 0 Å². The van der Waals surface area contributed by atoms with Crippen LogP contribution in [-0.2, 0) is 6.54 Å². The smallest absolute Gasteiger partial charge is 0.341 e. The van der Waals surface area contributed by atoms with E-state index >= 15 is 0 Å². The lowest BCUT2D eigenvalue weighted by Gasteiger charge is -2.34. The summed E-state index contributed by atoms with van der Waals surface area (Å²) in [5.41, 5.74) is 0.181. The number of rotatable bonds is 5. The molecule has 0 bridgehead atoms. The molecule has 1 saturated carbocycles. The van der Waals surface area contributed by atoms with E-state index < -0.39 is 5.97 Å². The monoisotopic (exact) mass is 265 g/mol. The van der Waals surface area contributed by atoms with Crippen LogP contribution in [0.2, 0.25) is 0 Å². The first kappa shape index (κ1) is 12.6. The van der Waals surface area contributed by atoms with E-state index in [2.05, 4.69) is 15.0 Å². The number of carbonyl (C=O) groups is 1. The Balaban J connectivity index is 1.51. The van der Waals surface area contributed by atoms with Crippen LogP contribution in [0.4, 0.5) is 0 Å². The Hall–Kier alpha value is -1.40. The van der Waals surface area contributed by atoms with Crippen molar-refractivity contribution in [2.24, 2.45) is 5.92 Å². The van der Waals surface area contributed by atoms with Gasteiger partial charge in [0.1, 0.15) is 5.56 Å². The molecular formula is C13H19N3O3. The molecule has 1 aliphatic carbocycles. The average Bonchev–Trinajstić information content (AvgIpc) is 3.08. The fourth-order valence-electron chi connectivity index (χ4n) is 2.55. The normalized spacial score (nSPS) is 21.7. The fourth-order valence-corrected chi connectivity index (χ4v) is 2.55. The minimum Gasteiger partial charge on any atom is -0.478 e. The zero-order chi connectivity index (χ0) is 13.2. The molecule has 1 aromatic rings. The number of nitrogens with zero attached hydrogens (tertiary/aromatic N) is 3. The van der Waals surface area contributed by atoms with Crippen LogP contribution in [0.3, 0.4) is 0 Å². The van der Waals surface area contributed by atoms with Crippen LogP contribution >= 0.6 is 0 Å². The van der Waals surface area contributed by atoms with Crippen LogP contribution in [0.1, 0.15) is 29.0 Å². The summed E-state index contributed by atoms with van der Waals surface area (Å²) in [5, 5.41) is 12.6. The quantitative estimate of drug-likeness (QED) is 0.853. The van der Waals surface area contributed by atoms with E-state index in [-0.39, 0.29) is 5.56 Å². The fraction of sp³-hybridized carbons (Fsp3) is 0.692. The third-order valence-corrected chi connectivity index (χ3v) is 3.92. The van der Waals surface area contributed by atoms with Crippen LogP contribution in [0.5, 0.6) is 0 Å². The number of hydrogen-bond acceptors (Lipinski definition) is 5. The van der Waals surface area contributed by atoms with Gasteiger partial charge in [-0.3, -0.25) is 4.90 Å². The summed E-state index contributed by atoms with van der Waals surface area (Å²) in [5.74, 6) is 0.422. The Morgan fingerprint density at radius 2 is 2.00 bits per heavy atom. The maximum Gasteiger partial charge on any atom is 0.341 e. The Labute approximate surface area is 112 Å². The maximum atomic E-state index is 11.0. The number of aromatic carboxylic acids is 1. The summed E-state index contributed by atoms with van der Waals surface area (Å²) in [6.07, 6.45) is 4.06. The minimum atomic E-state index is -0.969. The van der Waals surface area contributed by atoms with Gasteiger partial charge in [-0.05, 0) is 18.8 Å². The van der Waals surface area contributed by atoms with Crippen LogP contribution in [0, 0.1) is 5.92 Å². The van der Waals surface area contributed by atoms with Crippen molar-refractivity contribution >= 4 is 5.97 Å². The summed E-state index contributed by atoms with van der Waals surface area (Å²) < 4.78 is 5.04. The van der Waals surface area contributed by atoms with E-state index in [0.29, 0.717) is 12.3 Å². The van der Waals surface area contributed by atoms with Crippen LogP contribution < -0.4 is 0 Å². The minimum absolute atomic E-state index is 0.181. The molecule has 104 valence electrons. The van der Waals surface area contributed by atoms with Crippen molar-refractivity contribution in [3.63, 3.8) is 0 Å². The second-order valence-electron chi connectivity index (χ2n) is 5.49. The van der Waals surface area contributed by atoms with Gasteiger partial charge in [-0.25, -0.2) is 4.79 Å². The Bertz CT molecular complexity index is 448. The first-order valence-corrected chi connectivity index (χ1v) is 6.84. The van der Waals surface area contributed by atoms with Crippen LogP contribution in [0.25, 0.3) is 0 Å². The summed E-state index contributed by atoms with van der Waals surface area (Å²) in [4.78, 5) is 15.7. The predicted molar refractivity (Wildman–Crippen MR) is 67.9 cm³/mol. The molecule has 0 atom stereocenters. The van der Waals surface area contributed by atoms with Gasteiger partial charge in [0.15, 0.2) is 5.76 Å². The second-order valence-corrected chi connectivity index (χ2v) is 5.49. The first-order valence-electron chi connectivity index (χ1n) is 6.84. The number of aromatic nitrogens is 1. The lowest BCUT2D eigenvalue weighted by atomic mass is 10.2. The zero-order valence-corrected chi connectivity index (χ0v) is 10.9. The molecule has 3 rings (SSSR count). The highest BCUT2D eigenvalue weighted by Gasteiger charge is 2.27. The first-order chi connectivity index (χ1) is 9.22. The van der Waals surface area contributed by atoms with Crippen molar-refractivity contribution in [1.82, 2.24) is 15.0 Å². The van der Waals surface area contributed by atoms with E-state index in [1.165, 1.54) is 25.6 Å². The lowest BCUT2D eigenvalue weighted by molar-refractivity contribution is 0.0689. The molecule has 2 aliphatic rings. The van der Waals surface area contributed by atoms with Crippen molar-refractivity contribution < 1.29 is 14.4 Å². The molecule has 0 amide bonds. The molecular weight excluding hydrogens is 246 g/mol. The maximum absolute atomic E-state index is 11.0. The molecule has 2 heterocycles. The van der Waals surface area contributed by atoms with Crippen LogP contribution in [0.15, 0.2) is 10.7 Å². The average molecular weight is 265 g/mol. The molecule has 1 aliphatic heterocycles. The van der Waals surface area contributed by atoms with Crippen molar-refractivity contribution in [3.8, 4) is 0 Å². The van der Waals surface area contributed by atoms with Gasteiger partial charge in [-0.1, -0.05) is 5.16 Å². The van der Waals surface area contributed by atoms with Crippen LogP contribution in [-0.4, -0.2) is 58.8 Å². The molecule has 2 fully saturated rings. The second kappa shape index (κ2) is 5.30. The number of carboxylic acids is 1. The molecule has 0 spiro atoms. The largest absolute Gasteiger partial charge is 0.478 e. The SMILES string of the molecule is O=C(O)c1cnoc1CN1CCN(CC2CC2)CC1. The molecule has 0 aromatic carbocycles. The summed E-state index contributed by atoms with van der Waals surface area (Å²) in [7, 11) is 0. The summed E-state index contributed by atoms with van der Waals surface area (Å²) >= 11 is 0. The molecule has 1 saturated heterocycles. The van der Waals surface area contributed by atoms with E-state index in [0.717, 1.165) is 32.1 Å². The van der Waals surface area contributed by atoms with Crippen molar-refractivity contribution in [3.05, 3.63) is 17.5 Å². The molecule has 19 heavy (non-hydrogen) atoms. The topological polar surface area (TPSA) is 69.8 Å². The van der Waals surface area contributed by atoms with Gasteiger partial charge in [-0.15, -0.1) is 0 Å². The molecule has 6 nitrogen and oxygen atoms in total. The Morgan fingerprint density at radius 3 is 2.63 bits per heavy atom. The molecule has 0 radical (unpaired) electrons. The lowest BCUT2D eigenvalue weighted by Crippen LogP contribution is -2.46. The molecule has 1 N–H and O–H groups in total. The summed E-state index contributed by atoms with van der Waals surface area (Å²) in [6, 6.07) is 0. The van der Waals surface area contributed by atoms with Gasteiger partial charge >= 0.3 is 5.97 Å². The highest BCUT2D eigenvalue weighted by atomic mass is 16.5. The van der Waals surface area contributed by atoms with Crippen molar-refractivity contribution in [1.29, 1.82) is 0 Å².